The van der Waals surface area contributed by atoms with Gasteiger partial charge in [0.05, 0.1) is 12.3 Å². The molecule has 1 aliphatic rings. The highest BCUT2D eigenvalue weighted by Crippen LogP contribution is 2.35. The van der Waals surface area contributed by atoms with Gasteiger partial charge in [0.1, 0.15) is 5.75 Å². The molecule has 0 aliphatic heterocycles. The Hall–Kier alpha value is -1.70. The third-order valence-corrected chi connectivity index (χ3v) is 4.17. The molecule has 1 fully saturated rings. The Bertz CT molecular complexity index is 538. The molecule has 2 heteroatoms. The first kappa shape index (κ1) is 13.3. The van der Waals surface area contributed by atoms with Crippen molar-refractivity contribution in [3.63, 3.8) is 0 Å². The molecule has 1 saturated carbocycles. The maximum Gasteiger partial charge on any atom is 0.137 e. The van der Waals surface area contributed by atoms with E-state index in [1.54, 1.807) is 0 Å². The van der Waals surface area contributed by atoms with E-state index in [4.69, 9.17) is 4.74 Å². The van der Waals surface area contributed by atoms with Gasteiger partial charge in [-0.1, -0.05) is 49.6 Å². The van der Waals surface area contributed by atoms with Crippen molar-refractivity contribution < 1.29 is 4.74 Å². The van der Waals surface area contributed by atoms with E-state index < -0.39 is 0 Å². The van der Waals surface area contributed by atoms with Crippen LogP contribution in [0.3, 0.4) is 0 Å². The molecule has 20 heavy (non-hydrogen) atoms. The molecular formula is C18H23NO. The lowest BCUT2D eigenvalue weighted by Gasteiger charge is -2.25. The van der Waals surface area contributed by atoms with Crippen LogP contribution >= 0.6 is 0 Å². The number of ether oxygens (including phenoxy) is 1. The molecule has 0 spiro atoms. The summed E-state index contributed by atoms with van der Waals surface area (Å²) in [6.07, 6.45) is 8.86. The summed E-state index contributed by atoms with van der Waals surface area (Å²) in [5.41, 5.74) is 2.57. The van der Waals surface area contributed by atoms with Gasteiger partial charge in [0, 0.05) is 18.3 Å². The topological polar surface area (TPSA) is 14.2 Å². The molecule has 0 unspecified atom stereocenters. The van der Waals surface area contributed by atoms with Crippen LogP contribution in [0.25, 0.3) is 11.3 Å². The number of aromatic nitrogens is 1. The monoisotopic (exact) mass is 269 g/mol. The summed E-state index contributed by atoms with van der Waals surface area (Å²) in [6.45, 7) is 2.77. The number of hydrogen-bond acceptors (Lipinski definition) is 1. The lowest BCUT2D eigenvalue weighted by molar-refractivity contribution is 0.331. The first-order valence-electron chi connectivity index (χ1n) is 7.78. The highest BCUT2D eigenvalue weighted by molar-refractivity contribution is 5.62. The van der Waals surface area contributed by atoms with Crippen molar-refractivity contribution in [2.75, 3.05) is 6.61 Å². The molecular weight excluding hydrogens is 246 g/mol. The molecule has 0 atom stereocenters. The summed E-state index contributed by atoms with van der Waals surface area (Å²) in [5.74, 6) is 0.997. The van der Waals surface area contributed by atoms with Crippen LogP contribution in [-0.2, 0) is 0 Å². The van der Waals surface area contributed by atoms with E-state index >= 15 is 0 Å². The number of hydrogen-bond donors (Lipinski definition) is 0. The normalized spacial score (nSPS) is 16.2. The lowest BCUT2D eigenvalue weighted by Crippen LogP contribution is -2.12. The minimum Gasteiger partial charge on any atom is -0.492 e. The maximum atomic E-state index is 5.72. The van der Waals surface area contributed by atoms with Gasteiger partial charge in [0.15, 0.2) is 0 Å². The molecule has 0 bridgehead atoms. The van der Waals surface area contributed by atoms with Gasteiger partial charge in [0.25, 0.3) is 0 Å². The molecule has 1 heterocycles. The van der Waals surface area contributed by atoms with Crippen molar-refractivity contribution in [2.24, 2.45) is 0 Å². The van der Waals surface area contributed by atoms with E-state index in [9.17, 15) is 0 Å². The zero-order valence-corrected chi connectivity index (χ0v) is 12.2. The van der Waals surface area contributed by atoms with Crippen LogP contribution in [0.2, 0.25) is 0 Å². The quantitative estimate of drug-likeness (QED) is 0.756. The largest absolute Gasteiger partial charge is 0.492 e. The summed E-state index contributed by atoms with van der Waals surface area (Å²) in [4.78, 5) is 0. The van der Waals surface area contributed by atoms with Crippen molar-refractivity contribution in [1.29, 1.82) is 0 Å². The molecule has 1 aliphatic carbocycles. The summed E-state index contributed by atoms with van der Waals surface area (Å²) in [7, 11) is 0. The second kappa shape index (κ2) is 6.17. The maximum absolute atomic E-state index is 5.72. The van der Waals surface area contributed by atoms with Crippen molar-refractivity contribution in [2.45, 2.75) is 45.1 Å². The molecule has 106 valence electrons. The van der Waals surface area contributed by atoms with E-state index in [0.29, 0.717) is 6.04 Å². The minimum atomic E-state index is 0.633. The lowest BCUT2D eigenvalue weighted by atomic mass is 9.95. The molecule has 0 amide bonds. The zero-order valence-electron chi connectivity index (χ0n) is 12.2. The average Bonchev–Trinajstić information content (AvgIpc) is 2.93. The van der Waals surface area contributed by atoms with Gasteiger partial charge >= 0.3 is 0 Å². The second-order valence-electron chi connectivity index (χ2n) is 5.56. The van der Waals surface area contributed by atoms with Crippen LogP contribution in [0.15, 0.2) is 42.6 Å². The Kier molecular flexibility index (Phi) is 4.10. The van der Waals surface area contributed by atoms with Crippen molar-refractivity contribution in [3.05, 3.63) is 42.6 Å². The Balaban J connectivity index is 1.97. The van der Waals surface area contributed by atoms with Crippen LogP contribution in [0, 0.1) is 0 Å². The highest BCUT2D eigenvalue weighted by atomic mass is 16.5. The van der Waals surface area contributed by atoms with E-state index in [2.05, 4.69) is 47.2 Å². The summed E-state index contributed by atoms with van der Waals surface area (Å²) in [5, 5.41) is 0. The van der Waals surface area contributed by atoms with Crippen LogP contribution in [0.4, 0.5) is 0 Å². The van der Waals surface area contributed by atoms with E-state index in [1.165, 1.54) is 43.4 Å². The van der Waals surface area contributed by atoms with Crippen LogP contribution in [0.5, 0.6) is 5.75 Å². The molecule has 0 radical (unpaired) electrons. The Labute approximate surface area is 121 Å². The van der Waals surface area contributed by atoms with Gasteiger partial charge in [-0.3, -0.25) is 0 Å². The van der Waals surface area contributed by atoms with Gasteiger partial charge in [-0.15, -0.1) is 0 Å². The van der Waals surface area contributed by atoms with Crippen molar-refractivity contribution in [3.8, 4) is 17.0 Å². The molecule has 0 saturated heterocycles. The third kappa shape index (κ3) is 2.74. The highest BCUT2D eigenvalue weighted by Gasteiger charge is 2.19. The molecule has 2 nitrogen and oxygen atoms in total. The predicted octanol–water partition coefficient (Wildman–Crippen LogP) is 5.06. The Morgan fingerprint density at radius 2 is 1.85 bits per heavy atom. The van der Waals surface area contributed by atoms with E-state index in [-0.39, 0.29) is 0 Å². The number of rotatable bonds is 4. The fourth-order valence-corrected chi connectivity index (χ4v) is 3.20. The summed E-state index contributed by atoms with van der Waals surface area (Å²) in [6, 6.07) is 13.5. The van der Waals surface area contributed by atoms with E-state index in [0.717, 1.165) is 12.4 Å². The second-order valence-corrected chi connectivity index (χ2v) is 5.56. The summed E-state index contributed by atoms with van der Waals surface area (Å²) < 4.78 is 8.16. The summed E-state index contributed by atoms with van der Waals surface area (Å²) >= 11 is 0. The number of nitrogens with zero attached hydrogens (tertiary/aromatic N) is 1. The van der Waals surface area contributed by atoms with Gasteiger partial charge < -0.3 is 9.30 Å². The van der Waals surface area contributed by atoms with Crippen LogP contribution < -0.4 is 4.74 Å². The van der Waals surface area contributed by atoms with Gasteiger partial charge in [-0.25, -0.2) is 0 Å². The minimum absolute atomic E-state index is 0.633. The standard InChI is InChI=1S/C18H23NO/c1-2-20-17-13-18(15-9-5-3-6-10-15)19(14-17)16-11-7-4-8-12-16/h3,5-6,9-10,13-14,16H,2,4,7-8,11-12H2,1H3. The fraction of sp³-hybridized carbons (Fsp3) is 0.444. The first-order chi connectivity index (χ1) is 9.88. The average molecular weight is 269 g/mol. The zero-order chi connectivity index (χ0) is 13.8. The molecule has 2 aromatic rings. The molecule has 1 aromatic carbocycles. The predicted molar refractivity (Wildman–Crippen MR) is 83.2 cm³/mol. The SMILES string of the molecule is CCOc1cc(-c2ccccc2)n(C2CCCCC2)c1. The third-order valence-electron chi connectivity index (χ3n) is 4.17. The van der Waals surface area contributed by atoms with Gasteiger partial charge in [-0.2, -0.15) is 0 Å². The van der Waals surface area contributed by atoms with E-state index in [1.807, 2.05) is 6.92 Å². The fourth-order valence-electron chi connectivity index (χ4n) is 3.20. The Morgan fingerprint density at radius 1 is 1.10 bits per heavy atom. The smallest absolute Gasteiger partial charge is 0.137 e. The molecule has 0 N–H and O–H groups in total. The first-order valence-corrected chi connectivity index (χ1v) is 7.78. The molecule has 3 rings (SSSR count). The van der Waals surface area contributed by atoms with Crippen molar-refractivity contribution in [1.82, 2.24) is 4.57 Å². The van der Waals surface area contributed by atoms with Crippen LogP contribution in [-0.4, -0.2) is 11.2 Å². The van der Waals surface area contributed by atoms with Crippen LogP contribution in [0.1, 0.15) is 45.1 Å². The number of benzene rings is 1. The van der Waals surface area contributed by atoms with Gasteiger partial charge in [0.2, 0.25) is 0 Å². The molecule has 1 aromatic heterocycles. The Morgan fingerprint density at radius 3 is 2.55 bits per heavy atom. The van der Waals surface area contributed by atoms with Crippen molar-refractivity contribution >= 4 is 0 Å². The van der Waals surface area contributed by atoms with Gasteiger partial charge in [-0.05, 0) is 25.3 Å².